The minimum absolute atomic E-state index is 0.1000. The van der Waals surface area contributed by atoms with Crippen LogP contribution in [0.3, 0.4) is 0 Å². The molecule has 0 bridgehead atoms. The molecule has 0 radical (unpaired) electrons. The molecule has 0 aliphatic heterocycles. The van der Waals surface area contributed by atoms with Crippen molar-refractivity contribution in [2.75, 3.05) is 0 Å². The predicted octanol–water partition coefficient (Wildman–Crippen LogP) is 2.42. The molecule has 0 saturated carbocycles. The SMILES string of the molecule is CCCCCn1c(=O)n(CCCCC#N)c(=O)c2[nH]c(Cl)nc21. The first kappa shape index (κ1) is 17.3. The van der Waals surface area contributed by atoms with Crippen LogP contribution in [-0.4, -0.2) is 19.1 Å². The molecular formula is C15H20ClN5O2. The van der Waals surface area contributed by atoms with Crippen molar-refractivity contribution in [3.8, 4) is 6.07 Å². The monoisotopic (exact) mass is 337 g/mol. The van der Waals surface area contributed by atoms with Crippen molar-refractivity contribution in [1.29, 1.82) is 5.26 Å². The minimum Gasteiger partial charge on any atom is -0.323 e. The first-order chi connectivity index (χ1) is 11.1. The van der Waals surface area contributed by atoms with E-state index < -0.39 is 5.56 Å². The second-order valence-corrected chi connectivity index (χ2v) is 5.80. The van der Waals surface area contributed by atoms with Gasteiger partial charge in [-0.25, -0.2) is 4.79 Å². The zero-order valence-corrected chi connectivity index (χ0v) is 13.9. The van der Waals surface area contributed by atoms with Crippen LogP contribution in [0.4, 0.5) is 0 Å². The van der Waals surface area contributed by atoms with Crippen molar-refractivity contribution in [3.05, 3.63) is 26.1 Å². The zero-order chi connectivity index (χ0) is 16.8. The van der Waals surface area contributed by atoms with Crippen LogP contribution in [0.1, 0.15) is 45.4 Å². The van der Waals surface area contributed by atoms with E-state index in [2.05, 4.69) is 23.0 Å². The van der Waals surface area contributed by atoms with E-state index in [4.69, 9.17) is 16.9 Å². The molecule has 2 aromatic heterocycles. The smallest absolute Gasteiger partial charge is 0.323 e. The minimum atomic E-state index is -0.409. The summed E-state index contributed by atoms with van der Waals surface area (Å²) in [6.07, 6.45) is 4.53. The number of hydrogen-bond acceptors (Lipinski definition) is 4. The summed E-state index contributed by atoms with van der Waals surface area (Å²) in [6.45, 7) is 2.88. The maximum absolute atomic E-state index is 12.6. The molecule has 1 N–H and O–H groups in total. The summed E-state index contributed by atoms with van der Waals surface area (Å²) < 4.78 is 2.72. The summed E-state index contributed by atoms with van der Waals surface area (Å²) in [7, 11) is 0. The van der Waals surface area contributed by atoms with Crippen LogP contribution in [0.15, 0.2) is 9.59 Å². The molecule has 0 unspecified atom stereocenters. The fraction of sp³-hybridized carbons (Fsp3) is 0.600. The van der Waals surface area contributed by atoms with Gasteiger partial charge in [-0.2, -0.15) is 10.2 Å². The lowest BCUT2D eigenvalue weighted by Gasteiger charge is -2.10. The third-order valence-corrected chi connectivity index (χ3v) is 3.92. The lowest BCUT2D eigenvalue weighted by atomic mass is 10.2. The molecule has 0 aliphatic carbocycles. The Balaban J connectivity index is 2.43. The largest absolute Gasteiger partial charge is 0.332 e. The summed E-state index contributed by atoms with van der Waals surface area (Å²) in [5.74, 6) is 0. The van der Waals surface area contributed by atoms with Crippen LogP contribution < -0.4 is 11.2 Å². The standard InChI is InChI=1S/C15H20ClN5O2/c1-2-3-6-9-20-12-11(18-14(16)19-12)13(22)21(15(20)23)10-7-4-5-8-17/h2-7,9-10H2,1H3,(H,18,19). The van der Waals surface area contributed by atoms with Gasteiger partial charge in [0, 0.05) is 19.5 Å². The van der Waals surface area contributed by atoms with Crippen LogP contribution in [0.2, 0.25) is 5.28 Å². The van der Waals surface area contributed by atoms with Gasteiger partial charge < -0.3 is 4.98 Å². The van der Waals surface area contributed by atoms with E-state index in [-0.39, 0.29) is 16.5 Å². The van der Waals surface area contributed by atoms with E-state index in [0.29, 0.717) is 38.0 Å². The molecule has 0 aliphatic rings. The molecule has 2 rings (SSSR count). The van der Waals surface area contributed by atoms with Crippen LogP contribution in [-0.2, 0) is 13.1 Å². The predicted molar refractivity (Wildman–Crippen MR) is 88.6 cm³/mol. The molecule has 0 saturated heterocycles. The Morgan fingerprint density at radius 1 is 1.17 bits per heavy atom. The summed E-state index contributed by atoms with van der Waals surface area (Å²) in [5.41, 5.74) is -0.201. The molecule has 23 heavy (non-hydrogen) atoms. The molecule has 0 aromatic carbocycles. The molecule has 0 amide bonds. The van der Waals surface area contributed by atoms with E-state index in [9.17, 15) is 9.59 Å². The number of aromatic nitrogens is 4. The van der Waals surface area contributed by atoms with Gasteiger partial charge in [-0.15, -0.1) is 0 Å². The Labute approximate surface area is 138 Å². The van der Waals surface area contributed by atoms with Crippen molar-refractivity contribution in [2.24, 2.45) is 0 Å². The van der Waals surface area contributed by atoms with E-state index in [1.54, 1.807) is 0 Å². The van der Waals surface area contributed by atoms with E-state index >= 15 is 0 Å². The van der Waals surface area contributed by atoms with Gasteiger partial charge in [-0.3, -0.25) is 13.9 Å². The molecule has 2 aromatic rings. The molecular weight excluding hydrogens is 318 g/mol. The van der Waals surface area contributed by atoms with Crippen molar-refractivity contribution in [1.82, 2.24) is 19.1 Å². The van der Waals surface area contributed by atoms with Crippen molar-refractivity contribution >= 4 is 22.8 Å². The maximum atomic E-state index is 12.6. The lowest BCUT2D eigenvalue weighted by molar-refractivity contribution is 0.520. The van der Waals surface area contributed by atoms with Gasteiger partial charge >= 0.3 is 5.69 Å². The van der Waals surface area contributed by atoms with Gasteiger partial charge in [0.05, 0.1) is 6.07 Å². The number of nitrogens with one attached hydrogen (secondary N) is 1. The molecule has 0 atom stereocenters. The Hall–Kier alpha value is -2.07. The van der Waals surface area contributed by atoms with E-state index in [1.807, 2.05) is 0 Å². The molecule has 2 heterocycles. The number of imidazole rings is 1. The van der Waals surface area contributed by atoms with Gasteiger partial charge in [0.2, 0.25) is 5.28 Å². The number of rotatable bonds is 8. The summed E-state index contributed by atoms with van der Waals surface area (Å²) >= 11 is 5.87. The van der Waals surface area contributed by atoms with E-state index in [0.717, 1.165) is 19.3 Å². The number of H-pyrrole nitrogens is 1. The van der Waals surface area contributed by atoms with Gasteiger partial charge in [0.1, 0.15) is 0 Å². The number of hydrogen-bond donors (Lipinski definition) is 1. The fourth-order valence-electron chi connectivity index (χ4n) is 2.53. The number of unbranched alkanes of at least 4 members (excludes halogenated alkanes) is 4. The van der Waals surface area contributed by atoms with Crippen LogP contribution in [0.5, 0.6) is 0 Å². The Morgan fingerprint density at radius 2 is 1.87 bits per heavy atom. The van der Waals surface area contributed by atoms with Crippen molar-refractivity contribution in [2.45, 2.75) is 58.5 Å². The highest BCUT2D eigenvalue weighted by Gasteiger charge is 2.16. The summed E-state index contributed by atoms with van der Waals surface area (Å²) in [6, 6.07) is 2.06. The lowest BCUT2D eigenvalue weighted by Crippen LogP contribution is -2.40. The van der Waals surface area contributed by atoms with Gasteiger partial charge in [-0.1, -0.05) is 19.8 Å². The zero-order valence-electron chi connectivity index (χ0n) is 13.1. The number of aromatic amines is 1. The molecule has 124 valence electrons. The second-order valence-electron chi connectivity index (χ2n) is 5.44. The van der Waals surface area contributed by atoms with Crippen LogP contribution in [0, 0.1) is 11.3 Å². The molecule has 8 heteroatoms. The summed E-state index contributed by atoms with van der Waals surface area (Å²) in [4.78, 5) is 31.9. The number of halogens is 1. The number of aryl methyl sites for hydroxylation is 1. The third kappa shape index (κ3) is 3.82. The van der Waals surface area contributed by atoms with Gasteiger partial charge in [-0.05, 0) is 30.9 Å². The quantitative estimate of drug-likeness (QED) is 0.591. The highest BCUT2D eigenvalue weighted by atomic mass is 35.5. The van der Waals surface area contributed by atoms with Crippen LogP contribution >= 0.6 is 11.6 Å². The normalized spacial score (nSPS) is 11.0. The number of nitriles is 1. The average molecular weight is 338 g/mol. The fourth-order valence-corrected chi connectivity index (χ4v) is 2.71. The van der Waals surface area contributed by atoms with Crippen molar-refractivity contribution in [3.63, 3.8) is 0 Å². The maximum Gasteiger partial charge on any atom is 0.332 e. The van der Waals surface area contributed by atoms with Crippen LogP contribution in [0.25, 0.3) is 11.2 Å². The summed E-state index contributed by atoms with van der Waals surface area (Å²) in [5, 5.41) is 8.67. The highest BCUT2D eigenvalue weighted by molar-refractivity contribution is 6.28. The molecule has 0 spiro atoms. The van der Waals surface area contributed by atoms with Crippen molar-refractivity contribution < 1.29 is 0 Å². The first-order valence-electron chi connectivity index (χ1n) is 7.86. The second kappa shape index (κ2) is 7.97. The number of nitrogens with zero attached hydrogens (tertiary/aromatic N) is 4. The van der Waals surface area contributed by atoms with Gasteiger partial charge in [0.15, 0.2) is 11.2 Å². The molecule has 7 nitrogen and oxygen atoms in total. The molecule has 0 fully saturated rings. The Bertz CT molecular complexity index is 827. The first-order valence-corrected chi connectivity index (χ1v) is 8.23. The Morgan fingerprint density at radius 3 is 2.57 bits per heavy atom. The Kier molecular flexibility index (Phi) is 5.99. The third-order valence-electron chi connectivity index (χ3n) is 3.74. The average Bonchev–Trinajstić information content (AvgIpc) is 2.92. The van der Waals surface area contributed by atoms with Gasteiger partial charge in [0.25, 0.3) is 5.56 Å². The van der Waals surface area contributed by atoms with E-state index in [1.165, 1.54) is 9.13 Å². The highest BCUT2D eigenvalue weighted by Crippen LogP contribution is 2.11. The topological polar surface area (TPSA) is 96.5 Å². The number of fused-ring (bicyclic) bond motifs is 1.